The predicted molar refractivity (Wildman–Crippen MR) is 37.3 cm³/mol. The molecule has 0 saturated heterocycles. The Morgan fingerprint density at radius 3 is 2.44 bits per heavy atom. The van der Waals surface area contributed by atoms with E-state index in [-0.39, 0.29) is 0 Å². The molecule has 1 aromatic rings. The van der Waals surface area contributed by atoms with Gasteiger partial charge in [0, 0.05) is 0 Å². The van der Waals surface area contributed by atoms with E-state index in [4.69, 9.17) is 0 Å². The van der Waals surface area contributed by atoms with Gasteiger partial charge in [-0.05, 0) is 0 Å². The standard InChI is InChI=1S/C7H7BO/c1-6-4-2-3-5-7(6)8-9/h2-5H,1H3. The molecule has 1 aromatic carbocycles. The van der Waals surface area contributed by atoms with Crippen molar-refractivity contribution in [3.63, 3.8) is 0 Å². The van der Waals surface area contributed by atoms with Crippen LogP contribution in [0.2, 0.25) is 0 Å². The van der Waals surface area contributed by atoms with E-state index in [9.17, 15) is 4.70 Å². The van der Waals surface area contributed by atoms with E-state index in [0.29, 0.717) is 0 Å². The van der Waals surface area contributed by atoms with Crippen molar-refractivity contribution in [2.75, 3.05) is 0 Å². The molecule has 0 aliphatic heterocycles. The van der Waals surface area contributed by atoms with Crippen LogP contribution in [0.25, 0.3) is 0 Å². The number of hydrogen-bond donors (Lipinski definition) is 0. The topological polar surface area (TPSA) is 17.1 Å². The van der Waals surface area contributed by atoms with E-state index in [1.165, 1.54) is 0 Å². The van der Waals surface area contributed by atoms with Gasteiger partial charge in [0.1, 0.15) is 0 Å². The van der Waals surface area contributed by atoms with Crippen LogP contribution in [0.5, 0.6) is 0 Å². The van der Waals surface area contributed by atoms with E-state index in [1.54, 1.807) is 0 Å². The minimum absolute atomic E-state index is 0.775. The third kappa shape index (κ3) is 1.25. The minimum atomic E-state index is 0.775. The van der Waals surface area contributed by atoms with Crippen LogP contribution in [0.15, 0.2) is 24.3 Å². The Hall–Kier alpha value is -0.915. The molecule has 0 bridgehead atoms. The van der Waals surface area contributed by atoms with Gasteiger partial charge in [-0.2, -0.15) is 0 Å². The summed E-state index contributed by atoms with van der Waals surface area (Å²) in [6, 6.07) is 7.51. The zero-order valence-corrected chi connectivity index (χ0v) is 5.29. The van der Waals surface area contributed by atoms with Crippen LogP contribution in [0.4, 0.5) is 0 Å². The molecule has 0 N–H and O–H groups in total. The van der Waals surface area contributed by atoms with Crippen LogP contribution in [0, 0.1) is 6.92 Å². The van der Waals surface area contributed by atoms with Gasteiger partial charge in [0.25, 0.3) is 0 Å². The molecule has 0 fully saturated rings. The van der Waals surface area contributed by atoms with Gasteiger partial charge in [-0.15, -0.1) is 0 Å². The molecule has 0 saturated carbocycles. The van der Waals surface area contributed by atoms with Crippen LogP contribution in [0.1, 0.15) is 5.56 Å². The molecule has 0 atom stereocenters. The summed E-state index contributed by atoms with van der Waals surface area (Å²) in [5.74, 6) is 0. The fourth-order valence-electron chi connectivity index (χ4n) is 0.719. The van der Waals surface area contributed by atoms with Gasteiger partial charge in [0.2, 0.25) is 0 Å². The third-order valence-electron chi connectivity index (χ3n) is 1.32. The van der Waals surface area contributed by atoms with Crippen LogP contribution in [-0.2, 0) is 4.70 Å². The van der Waals surface area contributed by atoms with Crippen molar-refractivity contribution in [2.45, 2.75) is 6.92 Å². The Balaban J connectivity index is 3.15. The monoisotopic (exact) mass is 118 g/mol. The zero-order valence-electron chi connectivity index (χ0n) is 5.29. The van der Waals surface area contributed by atoms with Crippen molar-refractivity contribution in [1.82, 2.24) is 0 Å². The first kappa shape index (κ1) is 6.21. The molecule has 9 heavy (non-hydrogen) atoms. The Kier molecular flexibility index (Phi) is 1.78. The van der Waals surface area contributed by atoms with Crippen molar-refractivity contribution in [1.29, 1.82) is 0 Å². The normalized spacial score (nSPS) is 8.56. The van der Waals surface area contributed by atoms with Gasteiger partial charge in [-0.25, -0.2) is 0 Å². The first-order valence-corrected chi connectivity index (χ1v) is 2.85. The van der Waals surface area contributed by atoms with Gasteiger partial charge < -0.3 is 0 Å². The first-order valence-electron chi connectivity index (χ1n) is 2.85. The predicted octanol–water partition coefficient (Wildman–Crippen LogP) is 0.670. The second-order valence-electron chi connectivity index (χ2n) is 1.97. The molecule has 0 aliphatic carbocycles. The fraction of sp³-hybridized carbons (Fsp3) is 0.143. The Morgan fingerprint density at radius 1 is 1.33 bits per heavy atom. The van der Waals surface area contributed by atoms with E-state index >= 15 is 0 Å². The van der Waals surface area contributed by atoms with Crippen LogP contribution >= 0.6 is 0 Å². The molecule has 0 aliphatic rings. The van der Waals surface area contributed by atoms with Crippen molar-refractivity contribution < 1.29 is 4.70 Å². The molecule has 0 heterocycles. The third-order valence-corrected chi connectivity index (χ3v) is 1.32. The molecule has 0 spiro atoms. The van der Waals surface area contributed by atoms with Crippen LogP contribution in [-0.4, -0.2) is 7.15 Å². The average Bonchev–Trinajstić information content (AvgIpc) is 1.89. The van der Waals surface area contributed by atoms with Crippen LogP contribution in [0.3, 0.4) is 0 Å². The molecular formula is C7H7BO. The van der Waals surface area contributed by atoms with Crippen molar-refractivity contribution in [3.05, 3.63) is 29.8 Å². The summed E-state index contributed by atoms with van der Waals surface area (Å²) < 4.78 is 10.2. The Labute approximate surface area is 55.0 Å². The summed E-state index contributed by atoms with van der Waals surface area (Å²) in [6.07, 6.45) is 0. The SMILES string of the molecule is Cc1ccccc1B=O. The van der Waals surface area contributed by atoms with E-state index < -0.39 is 0 Å². The molecule has 0 amide bonds. The molecule has 44 valence electrons. The van der Waals surface area contributed by atoms with Gasteiger partial charge in [-0.3, -0.25) is 0 Å². The summed E-state index contributed by atoms with van der Waals surface area (Å²) in [4.78, 5) is 0. The summed E-state index contributed by atoms with van der Waals surface area (Å²) in [7, 11) is 0.870. The molecule has 1 nitrogen and oxygen atoms in total. The molecule has 0 aromatic heterocycles. The second kappa shape index (κ2) is 2.58. The molecular weight excluding hydrogens is 111 g/mol. The summed E-state index contributed by atoms with van der Waals surface area (Å²) >= 11 is 0. The van der Waals surface area contributed by atoms with Crippen molar-refractivity contribution >= 4 is 12.6 Å². The number of rotatable bonds is 1. The number of benzene rings is 1. The van der Waals surface area contributed by atoms with Gasteiger partial charge in [0.05, 0.1) is 0 Å². The number of hydrogen-bond acceptors (Lipinski definition) is 1. The fourth-order valence-corrected chi connectivity index (χ4v) is 0.719. The molecule has 1 rings (SSSR count). The summed E-state index contributed by atoms with van der Waals surface area (Å²) in [5.41, 5.74) is 1.81. The van der Waals surface area contributed by atoms with Crippen molar-refractivity contribution in [2.24, 2.45) is 0 Å². The van der Waals surface area contributed by atoms with E-state index in [2.05, 4.69) is 0 Å². The van der Waals surface area contributed by atoms with Crippen LogP contribution < -0.4 is 5.46 Å². The Bertz CT molecular complexity index is 220. The molecule has 0 radical (unpaired) electrons. The average molecular weight is 118 g/mol. The zero-order chi connectivity index (χ0) is 6.69. The first-order chi connectivity index (χ1) is 4.34. The van der Waals surface area contributed by atoms with Gasteiger partial charge in [-0.1, -0.05) is 0 Å². The van der Waals surface area contributed by atoms with E-state index in [0.717, 1.165) is 18.2 Å². The summed E-state index contributed by atoms with van der Waals surface area (Å²) in [5, 5.41) is 0. The molecule has 0 unspecified atom stereocenters. The Morgan fingerprint density at radius 2 is 2.00 bits per heavy atom. The maximum absolute atomic E-state index is 10.2. The van der Waals surface area contributed by atoms with Crippen molar-refractivity contribution in [3.8, 4) is 0 Å². The summed E-state index contributed by atoms with van der Waals surface area (Å²) in [6.45, 7) is 1.92. The number of aryl methyl sites for hydroxylation is 1. The maximum atomic E-state index is 10.2. The van der Waals surface area contributed by atoms with Gasteiger partial charge >= 0.3 is 54.1 Å². The van der Waals surface area contributed by atoms with Gasteiger partial charge in [0.15, 0.2) is 0 Å². The second-order valence-corrected chi connectivity index (χ2v) is 1.97. The quantitative estimate of drug-likeness (QED) is 0.495. The molecule has 2 heteroatoms. The van der Waals surface area contributed by atoms with E-state index in [1.807, 2.05) is 31.2 Å².